The Morgan fingerprint density at radius 3 is 2.82 bits per heavy atom. The Bertz CT molecular complexity index is 614. The summed E-state index contributed by atoms with van der Waals surface area (Å²) in [5.74, 6) is 0.734. The Balaban J connectivity index is 2.09. The molecule has 2 heterocycles. The van der Waals surface area contributed by atoms with Gasteiger partial charge in [0.2, 0.25) is 0 Å². The van der Waals surface area contributed by atoms with E-state index < -0.39 is 0 Å². The molecule has 1 aromatic heterocycles. The molecule has 1 saturated heterocycles. The third-order valence-electron chi connectivity index (χ3n) is 2.88. The molecule has 2 aromatic rings. The van der Waals surface area contributed by atoms with Gasteiger partial charge in [0.25, 0.3) is 5.56 Å². The summed E-state index contributed by atoms with van der Waals surface area (Å²) in [5, 5.41) is 1.54. The minimum atomic E-state index is -0.00405. The van der Waals surface area contributed by atoms with Crippen molar-refractivity contribution in [1.82, 2.24) is 4.57 Å². The molecule has 1 aromatic carbocycles. The van der Waals surface area contributed by atoms with Crippen LogP contribution in [0, 0.1) is 0 Å². The molecule has 17 heavy (non-hydrogen) atoms. The normalized spacial score (nSPS) is 18.3. The van der Waals surface area contributed by atoms with E-state index in [2.05, 4.69) is 0 Å². The van der Waals surface area contributed by atoms with E-state index in [1.54, 1.807) is 17.8 Å². The molecule has 1 atom stereocenters. The summed E-state index contributed by atoms with van der Waals surface area (Å²) >= 11 is 0. The Morgan fingerprint density at radius 2 is 2.12 bits per heavy atom. The molecular formula is C13H13NO3. The van der Waals surface area contributed by atoms with Crippen molar-refractivity contribution in [2.24, 2.45) is 7.05 Å². The first-order chi connectivity index (χ1) is 8.25. The molecule has 0 bridgehead atoms. The van der Waals surface area contributed by atoms with E-state index in [1.807, 2.05) is 24.3 Å². The number of aromatic nitrogens is 1. The van der Waals surface area contributed by atoms with Gasteiger partial charge in [-0.1, -0.05) is 18.2 Å². The first-order valence-corrected chi connectivity index (χ1v) is 5.58. The lowest BCUT2D eigenvalue weighted by molar-refractivity contribution is 0.264. The predicted molar refractivity (Wildman–Crippen MR) is 64.4 cm³/mol. The highest BCUT2D eigenvalue weighted by molar-refractivity contribution is 5.87. The van der Waals surface area contributed by atoms with E-state index in [1.165, 1.54) is 0 Å². The van der Waals surface area contributed by atoms with Gasteiger partial charge in [-0.15, -0.1) is 0 Å². The van der Waals surface area contributed by atoms with Crippen molar-refractivity contribution < 1.29 is 9.47 Å². The van der Waals surface area contributed by atoms with E-state index in [0.717, 1.165) is 17.7 Å². The number of pyridine rings is 1. The van der Waals surface area contributed by atoms with Crippen molar-refractivity contribution in [1.29, 1.82) is 0 Å². The van der Waals surface area contributed by atoms with Crippen LogP contribution in [0.1, 0.15) is 0 Å². The number of ether oxygens (including phenoxy) is 2. The fourth-order valence-electron chi connectivity index (χ4n) is 1.84. The van der Waals surface area contributed by atoms with Crippen molar-refractivity contribution in [2.45, 2.75) is 6.10 Å². The van der Waals surface area contributed by atoms with E-state index >= 15 is 0 Å². The summed E-state index contributed by atoms with van der Waals surface area (Å²) in [6.45, 7) is 1.31. The average Bonchev–Trinajstić information content (AvgIpc) is 3.16. The number of nitrogens with zero attached hydrogens (tertiary/aromatic N) is 1. The van der Waals surface area contributed by atoms with E-state index in [4.69, 9.17) is 9.47 Å². The molecule has 3 rings (SSSR count). The lowest BCUT2D eigenvalue weighted by Gasteiger charge is -2.09. The second-order valence-electron chi connectivity index (χ2n) is 4.22. The Hall–Kier alpha value is -1.81. The Kier molecular flexibility index (Phi) is 2.37. The molecule has 0 amide bonds. The van der Waals surface area contributed by atoms with Crippen molar-refractivity contribution in [3.8, 4) is 5.75 Å². The van der Waals surface area contributed by atoms with E-state index in [9.17, 15) is 4.79 Å². The summed E-state index contributed by atoms with van der Waals surface area (Å²) < 4.78 is 12.3. The SMILES string of the molecule is Cn1cc(OCC2CO2)c2ccccc2c1=O. The molecule has 88 valence electrons. The maximum atomic E-state index is 11.9. The van der Waals surface area contributed by atoms with Gasteiger partial charge in [-0.05, 0) is 6.07 Å². The van der Waals surface area contributed by atoms with Crippen LogP contribution in [0.5, 0.6) is 5.75 Å². The smallest absolute Gasteiger partial charge is 0.258 e. The summed E-state index contributed by atoms with van der Waals surface area (Å²) in [5.41, 5.74) is -0.00405. The van der Waals surface area contributed by atoms with Crippen molar-refractivity contribution in [2.75, 3.05) is 13.2 Å². The number of fused-ring (bicyclic) bond motifs is 1. The predicted octanol–water partition coefficient (Wildman–Crippen LogP) is 1.32. The second-order valence-corrected chi connectivity index (χ2v) is 4.22. The quantitative estimate of drug-likeness (QED) is 0.748. The number of hydrogen-bond acceptors (Lipinski definition) is 3. The molecular weight excluding hydrogens is 218 g/mol. The van der Waals surface area contributed by atoms with Crippen LogP contribution >= 0.6 is 0 Å². The number of aryl methyl sites for hydroxylation is 1. The fourth-order valence-corrected chi connectivity index (χ4v) is 1.84. The number of epoxide rings is 1. The zero-order valence-corrected chi connectivity index (χ0v) is 9.55. The third-order valence-corrected chi connectivity index (χ3v) is 2.88. The van der Waals surface area contributed by atoms with Crippen LogP contribution in [0.4, 0.5) is 0 Å². The molecule has 4 heteroatoms. The molecule has 0 aliphatic carbocycles. The molecule has 0 N–H and O–H groups in total. The van der Waals surface area contributed by atoms with Crippen LogP contribution in [-0.2, 0) is 11.8 Å². The van der Waals surface area contributed by atoms with Gasteiger partial charge in [-0.2, -0.15) is 0 Å². The fraction of sp³-hybridized carbons (Fsp3) is 0.308. The summed E-state index contributed by atoms with van der Waals surface area (Å²) in [6, 6.07) is 7.48. The summed E-state index contributed by atoms with van der Waals surface area (Å²) in [7, 11) is 1.73. The standard InChI is InChI=1S/C13H13NO3/c1-14-6-12(17-8-9-7-16-9)10-4-2-3-5-11(10)13(14)15/h2-6,9H,7-8H2,1H3. The van der Waals surface area contributed by atoms with Crippen LogP contribution in [0.2, 0.25) is 0 Å². The van der Waals surface area contributed by atoms with Crippen LogP contribution in [0.25, 0.3) is 10.8 Å². The number of hydrogen-bond donors (Lipinski definition) is 0. The van der Waals surface area contributed by atoms with Crippen LogP contribution in [0.3, 0.4) is 0 Å². The van der Waals surface area contributed by atoms with Gasteiger partial charge in [0, 0.05) is 18.6 Å². The molecule has 1 aliphatic heterocycles. The zero-order chi connectivity index (χ0) is 11.8. The monoisotopic (exact) mass is 231 g/mol. The molecule has 4 nitrogen and oxygen atoms in total. The molecule has 0 radical (unpaired) electrons. The van der Waals surface area contributed by atoms with Crippen LogP contribution < -0.4 is 10.3 Å². The molecule has 1 aliphatic rings. The highest BCUT2D eigenvalue weighted by Gasteiger charge is 2.23. The Morgan fingerprint density at radius 1 is 1.41 bits per heavy atom. The Labute approximate surface area is 98.4 Å². The van der Waals surface area contributed by atoms with Crippen molar-refractivity contribution in [3.05, 3.63) is 40.8 Å². The summed E-state index contributed by atoms with van der Waals surface area (Å²) in [6.07, 6.45) is 1.94. The van der Waals surface area contributed by atoms with E-state index in [0.29, 0.717) is 12.0 Å². The topological polar surface area (TPSA) is 43.8 Å². The van der Waals surface area contributed by atoms with Gasteiger partial charge in [-0.3, -0.25) is 4.79 Å². The average molecular weight is 231 g/mol. The first-order valence-electron chi connectivity index (χ1n) is 5.58. The molecule has 1 unspecified atom stereocenters. The highest BCUT2D eigenvalue weighted by atomic mass is 16.6. The van der Waals surface area contributed by atoms with Gasteiger partial charge < -0.3 is 14.0 Å². The summed E-state index contributed by atoms with van der Waals surface area (Å²) in [4.78, 5) is 11.9. The molecule has 1 fully saturated rings. The van der Waals surface area contributed by atoms with Gasteiger partial charge in [0.05, 0.1) is 12.0 Å². The van der Waals surface area contributed by atoms with Crippen molar-refractivity contribution in [3.63, 3.8) is 0 Å². The molecule has 0 spiro atoms. The second kappa shape index (κ2) is 3.89. The number of benzene rings is 1. The van der Waals surface area contributed by atoms with Gasteiger partial charge in [0.1, 0.15) is 18.5 Å². The minimum absolute atomic E-state index is 0.00405. The maximum Gasteiger partial charge on any atom is 0.258 e. The maximum absolute atomic E-state index is 11.9. The largest absolute Gasteiger partial charge is 0.489 e. The van der Waals surface area contributed by atoms with Gasteiger partial charge >= 0.3 is 0 Å². The van der Waals surface area contributed by atoms with Crippen molar-refractivity contribution >= 4 is 10.8 Å². The lowest BCUT2D eigenvalue weighted by Crippen LogP contribution is -2.17. The number of rotatable bonds is 3. The third kappa shape index (κ3) is 1.91. The molecule has 0 saturated carbocycles. The lowest BCUT2D eigenvalue weighted by atomic mass is 10.1. The van der Waals surface area contributed by atoms with E-state index in [-0.39, 0.29) is 11.7 Å². The van der Waals surface area contributed by atoms with Crippen LogP contribution in [-0.4, -0.2) is 23.9 Å². The minimum Gasteiger partial charge on any atom is -0.489 e. The highest BCUT2D eigenvalue weighted by Crippen LogP contribution is 2.23. The van der Waals surface area contributed by atoms with Gasteiger partial charge in [0.15, 0.2) is 0 Å². The van der Waals surface area contributed by atoms with Gasteiger partial charge in [-0.25, -0.2) is 0 Å². The first kappa shape index (κ1) is 10.4. The zero-order valence-electron chi connectivity index (χ0n) is 9.55. The van der Waals surface area contributed by atoms with Crippen LogP contribution in [0.15, 0.2) is 35.3 Å².